The molecule has 0 saturated carbocycles. The molecule has 0 aliphatic carbocycles. The molecule has 0 amide bonds. The Morgan fingerprint density at radius 2 is 2.22 bits per heavy atom. The molecule has 1 fully saturated rings. The molecule has 4 nitrogen and oxygen atoms in total. The van der Waals surface area contributed by atoms with Crippen molar-refractivity contribution in [3.8, 4) is 5.75 Å². The van der Waals surface area contributed by atoms with Crippen LogP contribution in [0.5, 0.6) is 5.75 Å². The van der Waals surface area contributed by atoms with Gasteiger partial charge >= 0.3 is 0 Å². The third-order valence-electron chi connectivity index (χ3n) is 3.42. The Morgan fingerprint density at radius 1 is 1.44 bits per heavy atom. The zero-order valence-corrected chi connectivity index (χ0v) is 11.0. The number of anilines is 1. The van der Waals surface area contributed by atoms with Gasteiger partial charge in [-0.3, -0.25) is 0 Å². The lowest BCUT2D eigenvalue weighted by Crippen LogP contribution is -2.38. The van der Waals surface area contributed by atoms with Gasteiger partial charge in [-0.05, 0) is 31.9 Å². The van der Waals surface area contributed by atoms with Gasteiger partial charge in [-0.15, -0.1) is 0 Å². The van der Waals surface area contributed by atoms with Crippen molar-refractivity contribution in [1.29, 1.82) is 0 Å². The van der Waals surface area contributed by atoms with Gasteiger partial charge in [-0.2, -0.15) is 0 Å². The molecule has 18 heavy (non-hydrogen) atoms. The number of benzene rings is 1. The summed E-state index contributed by atoms with van der Waals surface area (Å²) in [6.45, 7) is 3.26. The summed E-state index contributed by atoms with van der Waals surface area (Å²) in [4.78, 5) is 2.12. The maximum atomic E-state index is 9.94. The normalized spacial score (nSPS) is 21.8. The molecule has 1 heterocycles. The highest BCUT2D eigenvalue weighted by Gasteiger charge is 2.23. The van der Waals surface area contributed by atoms with E-state index >= 15 is 0 Å². The van der Waals surface area contributed by atoms with E-state index in [9.17, 15) is 10.2 Å². The number of hydrogen-bond acceptors (Lipinski definition) is 4. The summed E-state index contributed by atoms with van der Waals surface area (Å²) in [5, 5.41) is 19.7. The molecule has 0 aromatic heterocycles. The van der Waals surface area contributed by atoms with E-state index < -0.39 is 6.10 Å². The smallest absolute Gasteiger partial charge is 0.126 e. The van der Waals surface area contributed by atoms with Crippen LogP contribution in [-0.4, -0.2) is 36.5 Å². The van der Waals surface area contributed by atoms with E-state index in [0.717, 1.165) is 30.6 Å². The second-order valence-electron chi connectivity index (χ2n) is 4.81. The minimum absolute atomic E-state index is 0.285. The zero-order valence-electron chi connectivity index (χ0n) is 11.0. The fourth-order valence-electron chi connectivity index (χ4n) is 2.58. The molecule has 2 rings (SSSR count). The molecule has 2 unspecified atom stereocenters. The molecule has 2 N–H and O–H groups in total. The predicted octanol–water partition coefficient (Wildman–Crippen LogP) is 1.71. The lowest BCUT2D eigenvalue weighted by molar-refractivity contribution is 0.153. The highest BCUT2D eigenvalue weighted by molar-refractivity contribution is 5.60. The Bertz CT molecular complexity index is 406. The summed E-state index contributed by atoms with van der Waals surface area (Å²) in [6.07, 6.45) is 0.948. The summed E-state index contributed by atoms with van der Waals surface area (Å²) in [5.41, 5.74) is 1.76. The Hall–Kier alpha value is -1.26. The van der Waals surface area contributed by atoms with Crippen molar-refractivity contribution < 1.29 is 14.9 Å². The molecular formula is C14H21NO3. The van der Waals surface area contributed by atoms with Crippen molar-refractivity contribution >= 4 is 5.69 Å². The van der Waals surface area contributed by atoms with E-state index in [-0.39, 0.29) is 6.10 Å². The molecule has 4 heteroatoms. The zero-order chi connectivity index (χ0) is 13.1. The number of methoxy groups -OCH3 is 1. The van der Waals surface area contributed by atoms with Gasteiger partial charge in [0.15, 0.2) is 0 Å². The number of rotatable bonds is 3. The summed E-state index contributed by atoms with van der Waals surface area (Å²) >= 11 is 0. The van der Waals surface area contributed by atoms with Crippen LogP contribution in [0.25, 0.3) is 0 Å². The van der Waals surface area contributed by atoms with E-state index in [0.29, 0.717) is 12.3 Å². The highest BCUT2D eigenvalue weighted by Crippen LogP contribution is 2.35. The van der Waals surface area contributed by atoms with Crippen LogP contribution in [-0.2, 0) is 0 Å². The van der Waals surface area contributed by atoms with Crippen molar-refractivity contribution in [2.24, 2.45) is 0 Å². The molecule has 1 aliphatic rings. The Labute approximate surface area is 108 Å². The molecule has 1 aromatic rings. The van der Waals surface area contributed by atoms with Gasteiger partial charge in [0.05, 0.1) is 19.3 Å². The first-order chi connectivity index (χ1) is 8.63. The SMILES string of the molecule is COc1cccc(N2CCCC(O)C2)c1C(C)O. The Balaban J connectivity index is 2.36. The minimum Gasteiger partial charge on any atom is -0.496 e. The maximum Gasteiger partial charge on any atom is 0.126 e. The van der Waals surface area contributed by atoms with Crippen LogP contribution in [0.3, 0.4) is 0 Å². The summed E-state index contributed by atoms with van der Waals surface area (Å²) in [7, 11) is 1.61. The molecule has 0 bridgehead atoms. The number of β-amino-alcohol motifs (C(OH)–C–C–N with tert-alkyl or cyclic N) is 1. The van der Waals surface area contributed by atoms with Crippen LogP contribution in [0.2, 0.25) is 0 Å². The molecule has 2 atom stereocenters. The summed E-state index contributed by atoms with van der Waals surface area (Å²) < 4.78 is 5.32. The van der Waals surface area contributed by atoms with E-state index in [4.69, 9.17) is 4.74 Å². The fraction of sp³-hybridized carbons (Fsp3) is 0.571. The van der Waals surface area contributed by atoms with Crippen LogP contribution in [0.4, 0.5) is 5.69 Å². The van der Waals surface area contributed by atoms with Crippen molar-refractivity contribution in [1.82, 2.24) is 0 Å². The minimum atomic E-state index is -0.588. The van der Waals surface area contributed by atoms with Gasteiger partial charge in [0.25, 0.3) is 0 Å². The van der Waals surface area contributed by atoms with Gasteiger partial charge in [-0.25, -0.2) is 0 Å². The lowest BCUT2D eigenvalue weighted by Gasteiger charge is -2.34. The first-order valence-electron chi connectivity index (χ1n) is 6.41. The van der Waals surface area contributed by atoms with Crippen molar-refractivity contribution in [3.63, 3.8) is 0 Å². The van der Waals surface area contributed by atoms with Crippen molar-refractivity contribution in [3.05, 3.63) is 23.8 Å². The average Bonchev–Trinajstić information content (AvgIpc) is 2.37. The second kappa shape index (κ2) is 5.59. The number of ether oxygens (including phenoxy) is 1. The second-order valence-corrected chi connectivity index (χ2v) is 4.81. The van der Waals surface area contributed by atoms with E-state index in [1.54, 1.807) is 14.0 Å². The van der Waals surface area contributed by atoms with Crippen LogP contribution in [0.15, 0.2) is 18.2 Å². The van der Waals surface area contributed by atoms with Crippen LogP contribution in [0.1, 0.15) is 31.4 Å². The summed E-state index contributed by atoms with van der Waals surface area (Å²) in [5.74, 6) is 0.697. The third kappa shape index (κ3) is 2.60. The van der Waals surface area contributed by atoms with Crippen molar-refractivity contribution in [2.75, 3.05) is 25.1 Å². The number of nitrogens with zero attached hydrogens (tertiary/aromatic N) is 1. The summed E-state index contributed by atoms with van der Waals surface area (Å²) in [6, 6.07) is 5.75. The van der Waals surface area contributed by atoms with E-state index in [1.807, 2.05) is 18.2 Å². The fourth-order valence-corrected chi connectivity index (χ4v) is 2.58. The lowest BCUT2D eigenvalue weighted by atomic mass is 10.0. The third-order valence-corrected chi connectivity index (χ3v) is 3.42. The number of hydrogen-bond donors (Lipinski definition) is 2. The molecule has 1 saturated heterocycles. The largest absolute Gasteiger partial charge is 0.496 e. The number of aliphatic hydroxyl groups excluding tert-OH is 2. The Kier molecular flexibility index (Phi) is 4.09. The van der Waals surface area contributed by atoms with Crippen LogP contribution in [0, 0.1) is 0 Å². The predicted molar refractivity (Wildman–Crippen MR) is 71.1 cm³/mol. The molecule has 100 valence electrons. The van der Waals surface area contributed by atoms with Gasteiger partial charge in [0.2, 0.25) is 0 Å². The molecule has 1 aromatic carbocycles. The van der Waals surface area contributed by atoms with Crippen LogP contribution < -0.4 is 9.64 Å². The molecule has 1 aliphatic heterocycles. The molecule has 0 radical (unpaired) electrons. The molecular weight excluding hydrogens is 230 g/mol. The van der Waals surface area contributed by atoms with Crippen molar-refractivity contribution in [2.45, 2.75) is 32.0 Å². The quantitative estimate of drug-likeness (QED) is 0.858. The van der Waals surface area contributed by atoms with E-state index in [2.05, 4.69) is 4.90 Å². The van der Waals surface area contributed by atoms with Gasteiger partial charge < -0.3 is 19.8 Å². The first-order valence-corrected chi connectivity index (χ1v) is 6.41. The van der Waals surface area contributed by atoms with Crippen LogP contribution >= 0.6 is 0 Å². The standard InChI is InChI=1S/C14H21NO3/c1-10(16)14-12(6-3-7-13(14)18-2)15-8-4-5-11(17)9-15/h3,6-7,10-11,16-17H,4-5,8-9H2,1-2H3. The van der Waals surface area contributed by atoms with E-state index in [1.165, 1.54) is 0 Å². The van der Waals surface area contributed by atoms with Gasteiger partial charge in [0, 0.05) is 24.3 Å². The highest BCUT2D eigenvalue weighted by atomic mass is 16.5. The number of aliphatic hydroxyl groups is 2. The average molecular weight is 251 g/mol. The monoisotopic (exact) mass is 251 g/mol. The van der Waals surface area contributed by atoms with Gasteiger partial charge in [-0.1, -0.05) is 6.07 Å². The number of piperidine rings is 1. The molecule has 0 spiro atoms. The maximum absolute atomic E-state index is 9.94. The first kappa shape index (κ1) is 13.2. The van der Waals surface area contributed by atoms with Gasteiger partial charge in [0.1, 0.15) is 5.75 Å². The topological polar surface area (TPSA) is 52.9 Å². The Morgan fingerprint density at radius 3 is 2.83 bits per heavy atom.